The third-order valence-corrected chi connectivity index (χ3v) is 5.35. The van der Waals surface area contributed by atoms with Crippen molar-refractivity contribution in [1.29, 1.82) is 0 Å². The molecule has 0 amide bonds. The van der Waals surface area contributed by atoms with Gasteiger partial charge in [-0.3, -0.25) is 19.4 Å². The summed E-state index contributed by atoms with van der Waals surface area (Å²) in [4.78, 5) is 27.4. The molecular weight excluding hydrogens is 332 g/mol. The number of ether oxygens (including phenoxy) is 2. The van der Waals surface area contributed by atoms with Gasteiger partial charge in [-0.2, -0.15) is 0 Å². The van der Waals surface area contributed by atoms with Crippen molar-refractivity contribution in [1.82, 2.24) is 9.80 Å². The predicted octanol–water partition coefficient (Wildman–Crippen LogP) is 2.85. The number of nitrogens with zero attached hydrogens (tertiary/aromatic N) is 2. The zero-order valence-electron chi connectivity index (χ0n) is 17.2. The highest BCUT2D eigenvalue weighted by molar-refractivity contribution is 5.69. The Kier molecular flexibility index (Phi) is 11.5. The number of carbonyl (C=O) groups is 2. The molecule has 1 saturated heterocycles. The van der Waals surface area contributed by atoms with Gasteiger partial charge in [-0.1, -0.05) is 12.8 Å². The lowest BCUT2D eigenvalue weighted by Crippen LogP contribution is -2.56. The van der Waals surface area contributed by atoms with Gasteiger partial charge in [-0.25, -0.2) is 0 Å². The maximum absolute atomic E-state index is 11.1. The quantitative estimate of drug-likeness (QED) is 0.389. The molecule has 0 radical (unpaired) electrons. The Morgan fingerprint density at radius 3 is 1.46 bits per heavy atom. The summed E-state index contributed by atoms with van der Waals surface area (Å²) in [5.74, 6) is -0.209. The Morgan fingerprint density at radius 2 is 1.12 bits per heavy atom. The lowest BCUT2D eigenvalue weighted by molar-refractivity contribution is -0.141. The van der Waals surface area contributed by atoms with Gasteiger partial charge in [0, 0.05) is 38.0 Å². The van der Waals surface area contributed by atoms with Gasteiger partial charge in [0.1, 0.15) is 0 Å². The Hall–Kier alpha value is -1.14. The molecule has 1 aliphatic rings. The van der Waals surface area contributed by atoms with Gasteiger partial charge in [0.05, 0.1) is 14.2 Å². The number of carbonyl (C=O) groups excluding carboxylic acids is 2. The van der Waals surface area contributed by atoms with Crippen LogP contribution in [0.15, 0.2) is 0 Å². The molecule has 0 saturated carbocycles. The van der Waals surface area contributed by atoms with E-state index in [1.165, 1.54) is 14.2 Å². The first-order valence-corrected chi connectivity index (χ1v) is 10.1. The van der Waals surface area contributed by atoms with Crippen LogP contribution in [0, 0.1) is 0 Å². The van der Waals surface area contributed by atoms with Crippen molar-refractivity contribution in [2.24, 2.45) is 0 Å². The molecule has 0 aliphatic carbocycles. The van der Waals surface area contributed by atoms with Crippen LogP contribution >= 0.6 is 0 Å². The number of hydrogen-bond donors (Lipinski definition) is 0. The molecular formula is C20H38N2O4. The molecule has 2 atom stereocenters. The summed E-state index contributed by atoms with van der Waals surface area (Å²) in [6.07, 6.45) is 7.35. The number of methoxy groups -OCH3 is 2. The highest BCUT2D eigenvalue weighted by atomic mass is 16.5. The topological polar surface area (TPSA) is 59.1 Å². The second-order valence-electron chi connectivity index (χ2n) is 7.46. The molecule has 1 fully saturated rings. The molecule has 0 spiro atoms. The number of rotatable bonds is 12. The minimum absolute atomic E-state index is 0.104. The number of hydrogen-bond acceptors (Lipinski definition) is 6. The zero-order valence-corrected chi connectivity index (χ0v) is 17.2. The molecule has 1 heterocycles. The molecule has 6 heteroatoms. The molecule has 1 rings (SSSR count). The van der Waals surface area contributed by atoms with E-state index in [0.29, 0.717) is 24.9 Å². The molecule has 26 heavy (non-hydrogen) atoms. The summed E-state index contributed by atoms with van der Waals surface area (Å²) in [6, 6.07) is 1.14. The van der Waals surface area contributed by atoms with Crippen LogP contribution in [0.2, 0.25) is 0 Å². The maximum Gasteiger partial charge on any atom is 0.305 e. The van der Waals surface area contributed by atoms with E-state index in [0.717, 1.165) is 64.7 Å². The normalized spacial score (nSPS) is 21.5. The van der Waals surface area contributed by atoms with Gasteiger partial charge in [-0.15, -0.1) is 0 Å². The first kappa shape index (κ1) is 22.9. The van der Waals surface area contributed by atoms with Crippen molar-refractivity contribution in [2.45, 2.75) is 77.3 Å². The first-order chi connectivity index (χ1) is 12.5. The van der Waals surface area contributed by atoms with Crippen molar-refractivity contribution in [2.75, 3.05) is 40.4 Å². The molecule has 0 aromatic carbocycles. The third-order valence-electron chi connectivity index (χ3n) is 5.35. The van der Waals surface area contributed by atoms with Crippen LogP contribution in [-0.4, -0.2) is 74.2 Å². The van der Waals surface area contributed by atoms with Gasteiger partial charge >= 0.3 is 11.9 Å². The Morgan fingerprint density at radius 1 is 0.731 bits per heavy atom. The summed E-state index contributed by atoms with van der Waals surface area (Å²) in [6.45, 7) is 9.06. The van der Waals surface area contributed by atoms with Crippen LogP contribution in [0.25, 0.3) is 0 Å². The van der Waals surface area contributed by atoms with E-state index in [1.54, 1.807) is 0 Å². The van der Waals surface area contributed by atoms with Gasteiger partial charge < -0.3 is 9.47 Å². The third kappa shape index (κ3) is 8.99. The fraction of sp³-hybridized carbons (Fsp3) is 0.900. The smallest absolute Gasteiger partial charge is 0.305 e. The van der Waals surface area contributed by atoms with Crippen molar-refractivity contribution < 1.29 is 19.1 Å². The molecule has 0 unspecified atom stereocenters. The number of unbranched alkanes of at least 4 members (excludes halogenated alkanes) is 4. The van der Waals surface area contributed by atoms with Crippen molar-refractivity contribution >= 4 is 11.9 Å². The van der Waals surface area contributed by atoms with Crippen molar-refractivity contribution in [3.8, 4) is 0 Å². The van der Waals surface area contributed by atoms with Gasteiger partial charge in [0.2, 0.25) is 0 Å². The molecule has 0 aromatic heterocycles. The van der Waals surface area contributed by atoms with E-state index in [2.05, 4.69) is 33.1 Å². The first-order valence-electron chi connectivity index (χ1n) is 10.1. The summed E-state index contributed by atoms with van der Waals surface area (Å²) in [5.41, 5.74) is 0. The van der Waals surface area contributed by atoms with Gasteiger partial charge in [0.25, 0.3) is 0 Å². The van der Waals surface area contributed by atoms with E-state index < -0.39 is 0 Å². The molecule has 152 valence electrons. The van der Waals surface area contributed by atoms with Crippen LogP contribution in [0.1, 0.15) is 65.2 Å². The average molecular weight is 371 g/mol. The van der Waals surface area contributed by atoms with E-state index in [9.17, 15) is 9.59 Å². The van der Waals surface area contributed by atoms with Crippen LogP contribution < -0.4 is 0 Å². The second kappa shape index (κ2) is 13.1. The number of piperazine rings is 1. The lowest BCUT2D eigenvalue weighted by Gasteiger charge is -2.44. The van der Waals surface area contributed by atoms with Crippen molar-refractivity contribution in [3.05, 3.63) is 0 Å². The molecule has 6 nitrogen and oxygen atoms in total. The fourth-order valence-electron chi connectivity index (χ4n) is 3.62. The second-order valence-corrected chi connectivity index (χ2v) is 7.46. The summed E-state index contributed by atoms with van der Waals surface area (Å²) < 4.78 is 9.35. The Bertz CT molecular complexity index is 379. The maximum atomic E-state index is 11.1. The summed E-state index contributed by atoms with van der Waals surface area (Å²) >= 11 is 0. The molecule has 0 bridgehead atoms. The highest BCUT2D eigenvalue weighted by Gasteiger charge is 2.27. The summed E-state index contributed by atoms with van der Waals surface area (Å²) in [7, 11) is 2.90. The fourth-order valence-corrected chi connectivity index (χ4v) is 3.62. The van der Waals surface area contributed by atoms with E-state index in [-0.39, 0.29) is 11.9 Å². The molecule has 0 aromatic rings. The van der Waals surface area contributed by atoms with Gasteiger partial charge in [0.15, 0.2) is 0 Å². The van der Waals surface area contributed by atoms with Crippen LogP contribution in [0.4, 0.5) is 0 Å². The van der Waals surface area contributed by atoms with Crippen LogP contribution in [0.5, 0.6) is 0 Å². The molecule has 0 N–H and O–H groups in total. The Balaban J connectivity index is 2.16. The number of esters is 2. The van der Waals surface area contributed by atoms with Crippen LogP contribution in [0.3, 0.4) is 0 Å². The minimum atomic E-state index is -0.104. The Labute approximate surface area is 159 Å². The van der Waals surface area contributed by atoms with Crippen LogP contribution in [-0.2, 0) is 19.1 Å². The SMILES string of the molecule is COC(=O)CCCCCN1C[C@H](C)N(CCCCCC(=O)OC)C[C@H]1C. The monoisotopic (exact) mass is 370 g/mol. The largest absolute Gasteiger partial charge is 0.469 e. The van der Waals surface area contributed by atoms with Crippen molar-refractivity contribution in [3.63, 3.8) is 0 Å². The van der Waals surface area contributed by atoms with E-state index in [4.69, 9.17) is 0 Å². The van der Waals surface area contributed by atoms with Gasteiger partial charge in [-0.05, 0) is 52.6 Å². The zero-order chi connectivity index (χ0) is 19.4. The van der Waals surface area contributed by atoms with E-state index in [1.807, 2.05) is 0 Å². The highest BCUT2D eigenvalue weighted by Crippen LogP contribution is 2.17. The predicted molar refractivity (Wildman–Crippen MR) is 103 cm³/mol. The summed E-state index contributed by atoms with van der Waals surface area (Å²) in [5, 5.41) is 0. The molecule has 1 aliphatic heterocycles. The minimum Gasteiger partial charge on any atom is -0.469 e. The van der Waals surface area contributed by atoms with E-state index >= 15 is 0 Å². The lowest BCUT2D eigenvalue weighted by atomic mass is 10.1. The average Bonchev–Trinajstić information content (AvgIpc) is 2.63. The standard InChI is InChI=1S/C20H38N2O4/c1-17-15-22(14-10-6-8-12-20(24)26-4)18(2)16-21(17)13-9-5-7-11-19(23)25-3/h17-18H,5-16H2,1-4H3/t17-,18+.